The van der Waals surface area contributed by atoms with Crippen LogP contribution < -0.4 is 29.6 Å². The molecule has 0 heterocycles. The minimum atomic E-state index is -5.01. The second-order valence-corrected chi connectivity index (χ2v) is 11.2. The van der Waals surface area contributed by atoms with Gasteiger partial charge in [0, 0.05) is 0 Å². The number of allylic oxidation sites excluding steroid dienone is 1. The summed E-state index contributed by atoms with van der Waals surface area (Å²) in [6.45, 7) is 4.12. The summed E-state index contributed by atoms with van der Waals surface area (Å²) in [7, 11) is -5.01. The van der Waals surface area contributed by atoms with Gasteiger partial charge in [-0.1, -0.05) is 123 Å². The first-order valence-corrected chi connectivity index (χ1v) is 15.8. The van der Waals surface area contributed by atoms with Gasteiger partial charge in [0.1, 0.15) is 10.1 Å². The number of hydrogen-bond donors (Lipinski definition) is 0. The normalized spacial score (nSPS) is 12.3. The van der Waals surface area contributed by atoms with Crippen molar-refractivity contribution in [2.24, 2.45) is 0 Å². The van der Waals surface area contributed by atoms with E-state index in [1.54, 1.807) is 6.08 Å². The molecule has 0 aromatic carbocycles. The molecule has 0 aromatic heterocycles. The van der Waals surface area contributed by atoms with Crippen molar-refractivity contribution in [1.29, 1.82) is 0 Å². The Balaban J connectivity index is 0. The Bertz CT molecular complexity index is 680. The van der Waals surface area contributed by atoms with Crippen molar-refractivity contribution in [3.05, 3.63) is 12.3 Å². The van der Waals surface area contributed by atoms with Crippen LogP contribution in [-0.4, -0.2) is 36.8 Å². The van der Waals surface area contributed by atoms with Gasteiger partial charge in [0.25, 0.3) is 0 Å². The summed E-state index contributed by atoms with van der Waals surface area (Å²) in [5.74, 6) is -2.15. The molecule has 0 bridgehead atoms. The van der Waals surface area contributed by atoms with E-state index in [0.29, 0.717) is 12.8 Å². The molecule has 212 valence electrons. The molecule has 37 heavy (non-hydrogen) atoms. The third-order valence-corrected chi connectivity index (χ3v) is 7.29. The number of ether oxygens (including phenoxy) is 2. The topological polar surface area (TPSA) is 110 Å². The quantitative estimate of drug-likeness (QED) is 0.0543. The Morgan fingerprint density at radius 2 is 1.14 bits per heavy atom. The second kappa shape index (κ2) is 27.2. The molecular weight excluding hydrogens is 503 g/mol. The van der Waals surface area contributed by atoms with E-state index in [2.05, 4.69) is 11.7 Å². The van der Waals surface area contributed by atoms with Crippen LogP contribution in [0.4, 0.5) is 0 Å². The molecule has 0 saturated carbocycles. The van der Waals surface area contributed by atoms with Crippen molar-refractivity contribution in [3.63, 3.8) is 0 Å². The SMILES string of the molecule is CC/C=C/OC(=O)CC(C(=O)OCCCCCCCCCCCCCCCCCCCC)S(=O)(=O)[O-].[Na+]. The fourth-order valence-electron chi connectivity index (χ4n) is 3.99. The van der Waals surface area contributed by atoms with Crippen LogP contribution in [0.15, 0.2) is 12.3 Å². The third-order valence-electron chi connectivity index (χ3n) is 6.24. The minimum absolute atomic E-state index is 0. The molecule has 0 rings (SSSR count). The number of hydrogen-bond acceptors (Lipinski definition) is 7. The molecule has 0 aromatic rings. The first-order valence-electron chi connectivity index (χ1n) is 14.3. The van der Waals surface area contributed by atoms with E-state index in [0.717, 1.165) is 25.5 Å². The largest absolute Gasteiger partial charge is 1.00 e. The van der Waals surface area contributed by atoms with Crippen molar-refractivity contribution >= 4 is 22.1 Å². The summed E-state index contributed by atoms with van der Waals surface area (Å²) in [4.78, 5) is 23.7. The molecule has 0 N–H and O–H groups in total. The van der Waals surface area contributed by atoms with Crippen LogP contribution in [-0.2, 0) is 29.2 Å². The smallest absolute Gasteiger partial charge is 0.747 e. The fourth-order valence-corrected chi connectivity index (χ4v) is 4.64. The standard InChI is InChI=1S/C28H52O7S.Na/c1-3-5-7-8-9-10-11-12-13-14-15-16-17-18-19-20-21-22-24-35-28(30)26(36(31,32)33)25-27(29)34-23-6-4-2;/h6,23,26H,3-5,7-22,24-25H2,1-2H3,(H,31,32,33);/q;+1/p-1/b23-6+;. The molecule has 0 aliphatic rings. The van der Waals surface area contributed by atoms with Gasteiger partial charge in [-0.2, -0.15) is 0 Å². The van der Waals surface area contributed by atoms with Crippen LogP contribution in [0, 0.1) is 0 Å². The summed E-state index contributed by atoms with van der Waals surface area (Å²) in [5.41, 5.74) is 0. The molecule has 0 saturated heterocycles. The zero-order chi connectivity index (χ0) is 26.9. The van der Waals surface area contributed by atoms with Crippen LogP contribution in [0.25, 0.3) is 0 Å². The number of esters is 2. The molecule has 7 nitrogen and oxygen atoms in total. The van der Waals surface area contributed by atoms with Crippen molar-refractivity contribution in [1.82, 2.24) is 0 Å². The molecule has 1 atom stereocenters. The van der Waals surface area contributed by atoms with Crippen molar-refractivity contribution in [2.45, 2.75) is 148 Å². The van der Waals surface area contributed by atoms with E-state index in [4.69, 9.17) is 4.74 Å². The van der Waals surface area contributed by atoms with E-state index < -0.39 is 33.7 Å². The molecule has 0 radical (unpaired) electrons. The molecule has 0 aliphatic heterocycles. The summed E-state index contributed by atoms with van der Waals surface area (Å²) in [6, 6.07) is 0. The van der Waals surface area contributed by atoms with E-state index in [-0.39, 0.29) is 36.2 Å². The van der Waals surface area contributed by atoms with E-state index in [1.807, 2.05) is 6.92 Å². The monoisotopic (exact) mass is 554 g/mol. The van der Waals surface area contributed by atoms with Crippen LogP contribution in [0.5, 0.6) is 0 Å². The maximum atomic E-state index is 12.0. The van der Waals surface area contributed by atoms with Gasteiger partial charge in [0.2, 0.25) is 0 Å². The Morgan fingerprint density at radius 1 is 0.730 bits per heavy atom. The first kappa shape index (κ1) is 38.7. The first-order chi connectivity index (χ1) is 17.3. The predicted octanol–water partition coefficient (Wildman–Crippen LogP) is 4.35. The summed E-state index contributed by atoms with van der Waals surface area (Å²) in [6.07, 6.45) is 24.9. The Morgan fingerprint density at radius 3 is 1.51 bits per heavy atom. The number of rotatable bonds is 25. The summed E-state index contributed by atoms with van der Waals surface area (Å²) in [5, 5.41) is -2.07. The van der Waals surface area contributed by atoms with Gasteiger partial charge in [-0.15, -0.1) is 0 Å². The fraction of sp³-hybridized carbons (Fsp3) is 0.857. The zero-order valence-electron chi connectivity index (χ0n) is 23.8. The molecule has 9 heteroatoms. The molecule has 0 spiro atoms. The second-order valence-electron chi connectivity index (χ2n) is 9.63. The molecule has 0 aliphatic carbocycles. The zero-order valence-corrected chi connectivity index (χ0v) is 26.7. The maximum absolute atomic E-state index is 12.0. The summed E-state index contributed by atoms with van der Waals surface area (Å²) < 4.78 is 43.7. The van der Waals surface area contributed by atoms with Gasteiger partial charge in [-0.3, -0.25) is 9.59 Å². The van der Waals surface area contributed by atoms with Crippen LogP contribution >= 0.6 is 0 Å². The molecule has 0 fully saturated rings. The Hall–Kier alpha value is -0.410. The van der Waals surface area contributed by atoms with E-state index in [1.165, 1.54) is 89.9 Å². The molecule has 0 amide bonds. The van der Waals surface area contributed by atoms with Crippen LogP contribution in [0.1, 0.15) is 142 Å². The van der Waals surface area contributed by atoms with Crippen LogP contribution in [0.3, 0.4) is 0 Å². The maximum Gasteiger partial charge on any atom is 1.00 e. The van der Waals surface area contributed by atoms with Crippen LogP contribution in [0.2, 0.25) is 0 Å². The Labute approximate surface area is 248 Å². The van der Waals surface area contributed by atoms with Crippen molar-refractivity contribution < 1.29 is 61.6 Å². The predicted molar refractivity (Wildman–Crippen MR) is 143 cm³/mol. The minimum Gasteiger partial charge on any atom is -0.747 e. The average molecular weight is 555 g/mol. The molecule has 1 unspecified atom stereocenters. The van der Waals surface area contributed by atoms with Gasteiger partial charge in [-0.05, 0) is 18.9 Å². The van der Waals surface area contributed by atoms with Gasteiger partial charge in [0.05, 0.1) is 19.3 Å². The van der Waals surface area contributed by atoms with Gasteiger partial charge >= 0.3 is 41.5 Å². The Kier molecular flexibility index (Phi) is 28.4. The number of carbonyl (C=O) groups excluding carboxylic acids is 2. The van der Waals surface area contributed by atoms with Gasteiger partial charge < -0.3 is 14.0 Å². The number of unbranched alkanes of at least 4 members (excludes halogenated alkanes) is 17. The van der Waals surface area contributed by atoms with Gasteiger partial charge in [-0.25, -0.2) is 8.42 Å². The van der Waals surface area contributed by atoms with E-state index in [9.17, 15) is 22.6 Å². The van der Waals surface area contributed by atoms with Gasteiger partial charge in [0.15, 0.2) is 5.25 Å². The third kappa shape index (κ3) is 25.6. The van der Waals surface area contributed by atoms with Crippen molar-refractivity contribution in [3.8, 4) is 0 Å². The van der Waals surface area contributed by atoms with Crippen molar-refractivity contribution in [2.75, 3.05) is 6.61 Å². The summed E-state index contributed by atoms with van der Waals surface area (Å²) >= 11 is 0. The van der Waals surface area contributed by atoms with E-state index >= 15 is 0 Å². The average Bonchev–Trinajstić information content (AvgIpc) is 2.83. The number of carbonyl (C=O) groups is 2. The molecular formula is C28H51NaO7S.